The number of carbonyl (C=O) groups is 3. The molecule has 1 heterocycles. The number of benzene rings is 1. The number of ether oxygens (including phenoxy) is 2. The van der Waals surface area contributed by atoms with E-state index < -0.39 is 17.3 Å². The first kappa shape index (κ1) is 25.1. The number of amides is 1. The fourth-order valence-electron chi connectivity index (χ4n) is 4.58. The quantitative estimate of drug-likeness (QED) is 0.476. The van der Waals surface area contributed by atoms with E-state index in [4.69, 9.17) is 10.5 Å². The zero-order valence-corrected chi connectivity index (χ0v) is 18.6. The van der Waals surface area contributed by atoms with E-state index in [1.54, 1.807) is 6.07 Å². The average molecular weight is 456 g/mol. The molecule has 172 valence electrons. The standard InChI is InChI=1S/C11H16O3.C7H6FNO.C4H8O2S/c1-6-4-7-2-3-9-11(7,13)8(5-6)10(12)14-9;8-6-4-2-1-3-5(6)7(9)10;1-6-4(5)2-3-7/h6-9,13H,2-5H2,1H3;1-4H,(H2,9,10);7H,2-3H2,1H3/t6?,7?,8?,9-,11+;;/m1../s1. The van der Waals surface area contributed by atoms with Gasteiger partial charge >= 0.3 is 11.9 Å². The molecule has 3 unspecified atom stereocenters. The molecular formula is C22H30FNO6S. The first-order chi connectivity index (χ1) is 14.6. The van der Waals surface area contributed by atoms with Gasteiger partial charge in [-0.15, -0.1) is 0 Å². The van der Waals surface area contributed by atoms with Gasteiger partial charge in [-0.25, -0.2) is 4.39 Å². The third-order valence-corrected chi connectivity index (χ3v) is 6.28. The van der Waals surface area contributed by atoms with Crippen LogP contribution in [0.5, 0.6) is 0 Å². The molecule has 0 radical (unpaired) electrons. The second-order valence-electron chi connectivity index (χ2n) is 8.11. The fourth-order valence-corrected chi connectivity index (χ4v) is 4.76. The number of halogens is 1. The first-order valence-electron chi connectivity index (χ1n) is 10.3. The van der Waals surface area contributed by atoms with E-state index in [-0.39, 0.29) is 29.5 Å². The molecule has 1 aliphatic heterocycles. The summed E-state index contributed by atoms with van der Waals surface area (Å²) in [6.45, 7) is 2.17. The number of hydrogen-bond acceptors (Lipinski definition) is 7. The van der Waals surface area contributed by atoms with Crippen molar-refractivity contribution in [2.75, 3.05) is 12.9 Å². The van der Waals surface area contributed by atoms with Gasteiger partial charge in [0, 0.05) is 5.75 Å². The number of methoxy groups -OCH3 is 1. The van der Waals surface area contributed by atoms with Gasteiger partial charge in [-0.1, -0.05) is 19.1 Å². The number of hydrogen-bond donors (Lipinski definition) is 3. The Kier molecular flexibility index (Phi) is 8.88. The second kappa shape index (κ2) is 10.9. The number of carbonyl (C=O) groups excluding carboxylic acids is 3. The molecule has 1 amide bonds. The highest BCUT2D eigenvalue weighted by molar-refractivity contribution is 7.80. The molecule has 4 rings (SSSR count). The zero-order chi connectivity index (χ0) is 23.2. The largest absolute Gasteiger partial charge is 0.469 e. The second-order valence-corrected chi connectivity index (χ2v) is 8.56. The Hall–Kier alpha value is -2.13. The SMILES string of the molecule is CC1CC2CC[C@H]3OC(=O)C(C1)[C@@]23O.COC(=O)CCS.NC(=O)c1ccccc1F. The van der Waals surface area contributed by atoms with Gasteiger partial charge in [0.1, 0.15) is 17.5 Å². The minimum Gasteiger partial charge on any atom is -0.469 e. The van der Waals surface area contributed by atoms with E-state index in [1.165, 1.54) is 25.3 Å². The smallest absolute Gasteiger partial charge is 0.312 e. The Labute approximate surface area is 186 Å². The topological polar surface area (TPSA) is 116 Å². The van der Waals surface area contributed by atoms with Crippen LogP contribution >= 0.6 is 12.6 Å². The average Bonchev–Trinajstić information content (AvgIpc) is 3.17. The Morgan fingerprint density at radius 3 is 2.52 bits per heavy atom. The van der Waals surface area contributed by atoms with Crippen molar-refractivity contribution in [2.24, 2.45) is 23.5 Å². The van der Waals surface area contributed by atoms with Crippen molar-refractivity contribution in [3.63, 3.8) is 0 Å². The van der Waals surface area contributed by atoms with Crippen molar-refractivity contribution < 1.29 is 33.4 Å². The molecule has 9 heteroatoms. The van der Waals surface area contributed by atoms with Crippen LogP contribution in [0.15, 0.2) is 24.3 Å². The normalized spacial score (nSPS) is 30.0. The Balaban J connectivity index is 0.000000178. The van der Waals surface area contributed by atoms with Gasteiger partial charge < -0.3 is 20.3 Å². The number of primary amides is 1. The number of esters is 2. The Morgan fingerprint density at radius 1 is 1.32 bits per heavy atom. The molecule has 3 aliphatic rings. The zero-order valence-electron chi connectivity index (χ0n) is 17.8. The molecule has 3 N–H and O–H groups in total. The Morgan fingerprint density at radius 2 is 2.00 bits per heavy atom. The molecule has 1 aromatic carbocycles. The van der Waals surface area contributed by atoms with Crippen molar-refractivity contribution in [2.45, 2.75) is 50.7 Å². The van der Waals surface area contributed by atoms with Crippen LogP contribution in [0.3, 0.4) is 0 Å². The number of aliphatic hydroxyl groups is 1. The van der Waals surface area contributed by atoms with Crippen LogP contribution in [0, 0.1) is 23.6 Å². The van der Waals surface area contributed by atoms with Crippen LogP contribution in [0.1, 0.15) is 49.4 Å². The summed E-state index contributed by atoms with van der Waals surface area (Å²) < 4.78 is 22.1. The molecule has 1 saturated heterocycles. The predicted octanol–water partition coefficient (Wildman–Crippen LogP) is 2.50. The monoisotopic (exact) mass is 455 g/mol. The summed E-state index contributed by atoms with van der Waals surface area (Å²) in [5, 5.41) is 10.6. The number of rotatable bonds is 3. The van der Waals surface area contributed by atoms with Gasteiger partial charge in [0.2, 0.25) is 0 Å². The summed E-state index contributed by atoms with van der Waals surface area (Å²) in [5.74, 6) is -0.491. The van der Waals surface area contributed by atoms with Crippen molar-refractivity contribution in [1.29, 1.82) is 0 Å². The maximum absolute atomic E-state index is 12.5. The Bertz CT molecular complexity index is 806. The summed E-state index contributed by atoms with van der Waals surface area (Å²) in [6, 6.07) is 5.60. The van der Waals surface area contributed by atoms with E-state index in [0.717, 1.165) is 25.7 Å². The van der Waals surface area contributed by atoms with Crippen molar-refractivity contribution in [1.82, 2.24) is 0 Å². The lowest BCUT2D eigenvalue weighted by molar-refractivity contribution is -0.145. The molecule has 0 spiro atoms. The highest BCUT2D eigenvalue weighted by Gasteiger charge is 2.65. The molecule has 2 saturated carbocycles. The minimum absolute atomic E-state index is 0.0671. The van der Waals surface area contributed by atoms with Crippen LogP contribution < -0.4 is 5.73 Å². The van der Waals surface area contributed by atoms with Gasteiger partial charge in [0.15, 0.2) is 0 Å². The summed E-state index contributed by atoms with van der Waals surface area (Å²) >= 11 is 3.81. The fraction of sp³-hybridized carbons (Fsp3) is 0.591. The highest BCUT2D eigenvalue weighted by Crippen LogP contribution is 2.55. The summed E-state index contributed by atoms with van der Waals surface area (Å²) in [7, 11) is 1.37. The van der Waals surface area contributed by atoms with Gasteiger partial charge in [-0.3, -0.25) is 14.4 Å². The molecule has 5 atom stereocenters. The molecule has 2 aliphatic carbocycles. The van der Waals surface area contributed by atoms with E-state index in [9.17, 15) is 23.9 Å². The number of thiol groups is 1. The van der Waals surface area contributed by atoms with Crippen LogP contribution in [0.2, 0.25) is 0 Å². The van der Waals surface area contributed by atoms with Crippen LogP contribution in [-0.2, 0) is 19.1 Å². The molecule has 31 heavy (non-hydrogen) atoms. The van der Waals surface area contributed by atoms with Gasteiger partial charge in [0.05, 0.1) is 25.0 Å². The highest BCUT2D eigenvalue weighted by atomic mass is 32.1. The predicted molar refractivity (Wildman–Crippen MR) is 115 cm³/mol. The van der Waals surface area contributed by atoms with Crippen molar-refractivity contribution in [3.05, 3.63) is 35.6 Å². The summed E-state index contributed by atoms with van der Waals surface area (Å²) in [6.07, 6.45) is 3.95. The van der Waals surface area contributed by atoms with Crippen molar-refractivity contribution >= 4 is 30.5 Å². The van der Waals surface area contributed by atoms with Crippen LogP contribution in [-0.4, -0.2) is 47.5 Å². The third kappa shape index (κ3) is 5.77. The van der Waals surface area contributed by atoms with Crippen LogP contribution in [0.4, 0.5) is 4.39 Å². The summed E-state index contributed by atoms with van der Waals surface area (Å²) in [4.78, 5) is 32.1. The van der Waals surface area contributed by atoms with E-state index in [0.29, 0.717) is 24.0 Å². The minimum atomic E-state index is -0.802. The molecule has 3 fully saturated rings. The van der Waals surface area contributed by atoms with E-state index >= 15 is 0 Å². The molecule has 0 bridgehead atoms. The lowest BCUT2D eigenvalue weighted by atomic mass is 9.67. The summed E-state index contributed by atoms with van der Waals surface area (Å²) in [5.41, 5.74) is 3.97. The third-order valence-electron chi connectivity index (χ3n) is 6.06. The molecule has 0 aromatic heterocycles. The van der Waals surface area contributed by atoms with Crippen LogP contribution in [0.25, 0.3) is 0 Å². The molecule has 1 aromatic rings. The first-order valence-corrected chi connectivity index (χ1v) is 10.9. The van der Waals surface area contributed by atoms with Crippen molar-refractivity contribution in [3.8, 4) is 0 Å². The maximum atomic E-state index is 12.5. The lowest BCUT2D eigenvalue weighted by Crippen LogP contribution is -2.49. The van der Waals surface area contributed by atoms with E-state index in [1.807, 2.05) is 0 Å². The lowest BCUT2D eigenvalue weighted by Gasteiger charge is -2.39. The van der Waals surface area contributed by atoms with Gasteiger partial charge in [-0.2, -0.15) is 12.6 Å². The molecular weight excluding hydrogens is 425 g/mol. The molecule has 7 nitrogen and oxygen atoms in total. The van der Waals surface area contributed by atoms with Gasteiger partial charge in [0.25, 0.3) is 5.91 Å². The number of nitrogens with two attached hydrogens (primary N) is 1. The van der Waals surface area contributed by atoms with Gasteiger partial charge in [-0.05, 0) is 49.7 Å². The maximum Gasteiger partial charge on any atom is 0.312 e. The van der Waals surface area contributed by atoms with E-state index in [2.05, 4.69) is 24.3 Å².